The lowest BCUT2D eigenvalue weighted by molar-refractivity contribution is -0.189. The second-order valence-corrected chi connectivity index (χ2v) is 7.72. The van der Waals surface area contributed by atoms with Crippen LogP contribution in [0.15, 0.2) is 21.3 Å². The molecule has 2 atom stereocenters. The third kappa shape index (κ3) is 4.29. The van der Waals surface area contributed by atoms with Crippen molar-refractivity contribution in [2.45, 2.75) is 51.4 Å². The fourth-order valence-corrected chi connectivity index (χ4v) is 3.01. The maximum atomic E-state index is 12.8. The molecule has 1 N–H and O–H groups in total. The first-order valence-electron chi connectivity index (χ1n) is 8.53. The number of amides is 1. The van der Waals surface area contributed by atoms with E-state index in [1.165, 1.54) is 6.20 Å². The van der Waals surface area contributed by atoms with Crippen LogP contribution in [0.2, 0.25) is 0 Å². The summed E-state index contributed by atoms with van der Waals surface area (Å²) in [6, 6.07) is 1.16. The summed E-state index contributed by atoms with van der Waals surface area (Å²) in [5, 5.41) is 6.77. The van der Waals surface area contributed by atoms with Gasteiger partial charge < -0.3 is 14.6 Å². The zero-order valence-electron chi connectivity index (χ0n) is 15.3. The van der Waals surface area contributed by atoms with Crippen LogP contribution in [0.5, 0.6) is 5.75 Å². The Morgan fingerprint density at radius 2 is 2.11 bits per heavy atom. The Labute approximate surface area is 167 Å². The molecular formula is C17H18BrF3N4O3. The quantitative estimate of drug-likeness (QED) is 0.699. The number of carbonyl (C=O) groups excluding carboxylic acids is 1. The number of carbonyl (C=O) groups is 1. The molecule has 1 unspecified atom stereocenters. The summed E-state index contributed by atoms with van der Waals surface area (Å²) >= 11 is 3.09. The minimum atomic E-state index is -4.54. The van der Waals surface area contributed by atoms with Crippen LogP contribution in [-0.4, -0.2) is 33.3 Å². The highest BCUT2D eigenvalue weighted by atomic mass is 79.9. The van der Waals surface area contributed by atoms with Gasteiger partial charge in [-0.05, 0) is 48.5 Å². The van der Waals surface area contributed by atoms with E-state index in [1.807, 2.05) is 0 Å². The van der Waals surface area contributed by atoms with Gasteiger partial charge >= 0.3 is 6.18 Å². The van der Waals surface area contributed by atoms with E-state index in [0.29, 0.717) is 11.7 Å². The molecule has 11 heteroatoms. The Morgan fingerprint density at radius 3 is 2.64 bits per heavy atom. The first kappa shape index (κ1) is 20.6. The molecule has 0 spiro atoms. The first-order chi connectivity index (χ1) is 13.0. The lowest BCUT2D eigenvalue weighted by Crippen LogP contribution is -2.46. The second-order valence-electron chi connectivity index (χ2n) is 6.87. The van der Waals surface area contributed by atoms with Crippen molar-refractivity contribution >= 4 is 21.8 Å². The molecule has 2 aromatic heterocycles. The number of rotatable bonds is 6. The Bertz CT molecular complexity index is 885. The van der Waals surface area contributed by atoms with Crippen LogP contribution < -0.4 is 10.1 Å². The van der Waals surface area contributed by atoms with E-state index >= 15 is 0 Å². The van der Waals surface area contributed by atoms with E-state index in [2.05, 4.69) is 36.4 Å². The molecule has 2 heterocycles. The Balaban J connectivity index is 1.83. The van der Waals surface area contributed by atoms with E-state index in [0.717, 1.165) is 25.8 Å². The molecule has 1 aliphatic rings. The largest absolute Gasteiger partial charge is 0.480 e. The zero-order chi connectivity index (χ0) is 20.7. The third-order valence-corrected chi connectivity index (χ3v) is 5.17. The van der Waals surface area contributed by atoms with Gasteiger partial charge in [0.25, 0.3) is 5.91 Å². The van der Waals surface area contributed by atoms with Crippen LogP contribution >= 0.6 is 15.9 Å². The third-order valence-electron chi connectivity index (χ3n) is 4.58. The number of aryl methyl sites for hydroxylation is 1. The topological polar surface area (TPSA) is 90.1 Å². The van der Waals surface area contributed by atoms with E-state index in [4.69, 9.17) is 9.26 Å². The molecule has 0 saturated heterocycles. The number of nitrogens with zero attached hydrogens (tertiary/aromatic N) is 3. The van der Waals surface area contributed by atoms with Crippen molar-refractivity contribution in [3.05, 3.63) is 34.1 Å². The molecule has 1 aliphatic carbocycles. The second kappa shape index (κ2) is 7.34. The van der Waals surface area contributed by atoms with Gasteiger partial charge in [0, 0.05) is 19.2 Å². The summed E-state index contributed by atoms with van der Waals surface area (Å²) in [4.78, 5) is 21.0. The molecule has 1 fully saturated rings. The molecule has 0 bridgehead atoms. The minimum Gasteiger partial charge on any atom is -0.480 e. The van der Waals surface area contributed by atoms with Gasteiger partial charge in [-0.15, -0.1) is 0 Å². The predicted octanol–water partition coefficient (Wildman–Crippen LogP) is 3.92. The van der Waals surface area contributed by atoms with Crippen LogP contribution in [0.1, 0.15) is 48.9 Å². The average molecular weight is 463 g/mol. The molecule has 3 rings (SSSR count). The van der Waals surface area contributed by atoms with Gasteiger partial charge in [0.15, 0.2) is 11.9 Å². The van der Waals surface area contributed by atoms with Gasteiger partial charge in [-0.2, -0.15) is 18.2 Å². The van der Waals surface area contributed by atoms with Crippen molar-refractivity contribution in [3.63, 3.8) is 0 Å². The van der Waals surface area contributed by atoms with Crippen molar-refractivity contribution in [3.8, 4) is 5.75 Å². The highest BCUT2D eigenvalue weighted by Gasteiger charge is 2.47. The zero-order valence-corrected chi connectivity index (χ0v) is 16.9. The highest BCUT2D eigenvalue weighted by Crippen LogP contribution is 2.44. The van der Waals surface area contributed by atoms with Crippen molar-refractivity contribution in [2.24, 2.45) is 5.92 Å². The molecule has 152 valence electrons. The molecule has 0 aliphatic heterocycles. The fraction of sp³-hybridized carbons (Fsp3) is 0.529. The number of hydrogen-bond acceptors (Lipinski definition) is 6. The lowest BCUT2D eigenvalue weighted by Gasteiger charge is -2.27. The number of aromatic nitrogens is 3. The van der Waals surface area contributed by atoms with Gasteiger partial charge in [0.1, 0.15) is 17.0 Å². The van der Waals surface area contributed by atoms with Crippen LogP contribution in [0, 0.1) is 12.8 Å². The number of nitrogens with one attached hydrogen (secondary N) is 1. The van der Waals surface area contributed by atoms with Gasteiger partial charge in [-0.3, -0.25) is 4.79 Å². The minimum absolute atomic E-state index is 0.0836. The molecule has 1 amide bonds. The maximum Gasteiger partial charge on any atom is 0.425 e. The normalized spacial score (nSPS) is 17.7. The van der Waals surface area contributed by atoms with Crippen LogP contribution in [0.3, 0.4) is 0 Å². The Hall–Kier alpha value is -2.17. The predicted molar refractivity (Wildman–Crippen MR) is 94.7 cm³/mol. The van der Waals surface area contributed by atoms with E-state index in [-0.39, 0.29) is 21.8 Å². The summed E-state index contributed by atoms with van der Waals surface area (Å²) < 4.78 is 48.5. The van der Waals surface area contributed by atoms with Crippen LogP contribution in [-0.2, 0) is 5.54 Å². The monoisotopic (exact) mass is 462 g/mol. The SMILES string of the molecule is Cc1nc(C(C)(NC(=O)c2cc(O[C@@H](C)C(F)(F)F)c(Br)cn2)C2CC2)no1. The van der Waals surface area contributed by atoms with E-state index in [9.17, 15) is 18.0 Å². The Kier molecular flexibility index (Phi) is 5.39. The van der Waals surface area contributed by atoms with Crippen molar-refractivity contribution in [1.29, 1.82) is 0 Å². The molecule has 0 aromatic carbocycles. The summed E-state index contributed by atoms with van der Waals surface area (Å²) in [5.74, 6) is 0.141. The molecule has 2 aromatic rings. The number of alkyl halides is 3. The van der Waals surface area contributed by atoms with E-state index < -0.39 is 23.7 Å². The van der Waals surface area contributed by atoms with Gasteiger partial charge in [0.2, 0.25) is 5.89 Å². The summed E-state index contributed by atoms with van der Waals surface area (Å²) in [5.41, 5.74) is -0.955. The van der Waals surface area contributed by atoms with E-state index in [1.54, 1.807) is 13.8 Å². The van der Waals surface area contributed by atoms with Crippen molar-refractivity contribution in [2.75, 3.05) is 0 Å². The number of ether oxygens (including phenoxy) is 1. The van der Waals surface area contributed by atoms with Gasteiger partial charge in [-0.25, -0.2) is 4.98 Å². The fourth-order valence-electron chi connectivity index (χ4n) is 2.70. The number of pyridine rings is 1. The Morgan fingerprint density at radius 1 is 1.43 bits per heavy atom. The molecule has 7 nitrogen and oxygen atoms in total. The van der Waals surface area contributed by atoms with Gasteiger partial charge in [-0.1, -0.05) is 5.16 Å². The smallest absolute Gasteiger partial charge is 0.425 e. The molecule has 0 radical (unpaired) electrons. The van der Waals surface area contributed by atoms with Crippen LogP contribution in [0.4, 0.5) is 13.2 Å². The van der Waals surface area contributed by atoms with Crippen molar-refractivity contribution in [1.82, 2.24) is 20.4 Å². The first-order valence-corrected chi connectivity index (χ1v) is 9.32. The molecular weight excluding hydrogens is 445 g/mol. The summed E-state index contributed by atoms with van der Waals surface area (Å²) in [7, 11) is 0. The molecule has 28 heavy (non-hydrogen) atoms. The van der Waals surface area contributed by atoms with Crippen LogP contribution in [0.25, 0.3) is 0 Å². The highest BCUT2D eigenvalue weighted by molar-refractivity contribution is 9.10. The van der Waals surface area contributed by atoms with Crippen molar-refractivity contribution < 1.29 is 27.2 Å². The van der Waals surface area contributed by atoms with Gasteiger partial charge in [0.05, 0.1) is 4.47 Å². The lowest BCUT2D eigenvalue weighted by atomic mass is 9.94. The number of halogens is 4. The average Bonchev–Trinajstić information content (AvgIpc) is 3.37. The summed E-state index contributed by atoms with van der Waals surface area (Å²) in [6.45, 7) is 4.32. The number of hydrogen-bond donors (Lipinski definition) is 1. The standard InChI is InChI=1S/C17H18BrF3N4O3/c1-8(17(19,20)21)27-13-6-12(22-7-11(13)18)14(26)24-16(3,10-4-5-10)15-23-9(2)28-25-15/h6-8,10H,4-5H2,1-3H3,(H,24,26)/t8-,16?/m0/s1. The maximum absolute atomic E-state index is 12.8. The summed E-state index contributed by atoms with van der Waals surface area (Å²) in [6.07, 6.45) is -3.58. The molecule has 1 saturated carbocycles.